The third kappa shape index (κ3) is 5.47. The summed E-state index contributed by atoms with van der Waals surface area (Å²) in [6.07, 6.45) is 6.61. The molecule has 3 heterocycles. The molecule has 0 spiro atoms. The summed E-state index contributed by atoms with van der Waals surface area (Å²) in [6.45, 7) is 4.45. The molecule has 5 heteroatoms. The van der Waals surface area contributed by atoms with E-state index in [2.05, 4.69) is 222 Å². The van der Waals surface area contributed by atoms with Gasteiger partial charge in [-0.05, 0) is 91.0 Å². The summed E-state index contributed by atoms with van der Waals surface area (Å²) in [7, 11) is 0. The Morgan fingerprint density at radius 1 is 0.500 bits per heavy atom. The Morgan fingerprint density at radius 3 is 1.83 bits per heavy atom. The fourth-order valence-electron chi connectivity index (χ4n) is 8.73. The average Bonchev–Trinajstić information content (AvgIpc) is 3.96. The van der Waals surface area contributed by atoms with Crippen LogP contribution in [0.4, 0.5) is 17.1 Å². The summed E-state index contributed by atoms with van der Waals surface area (Å²) in [6, 6.07) is 64.7. The lowest BCUT2D eigenvalue weighted by Crippen LogP contribution is -2.15. The molecule has 0 fully saturated rings. The van der Waals surface area contributed by atoms with E-state index in [1.165, 1.54) is 21.7 Å². The number of aromatic nitrogens is 4. The standard InChI is InChI=1S/C53H39N5/c1-53(2)33-31-45-49(36-15-7-3-8-16-36)54-52(55-51(45)53)37-23-25-41(26-24-37)58-48-29-27-42(57(39-19-11-5-12-20-39)40-21-13-6-14-22-40)35-46(48)43-28-30-47-44(50(43)58)32-34-56(47)38-17-9-4-10-18-38/h3-35H,1-2H3. The predicted molar refractivity (Wildman–Crippen MR) is 241 cm³/mol. The van der Waals surface area contributed by atoms with Crippen molar-refractivity contribution in [1.82, 2.24) is 19.1 Å². The summed E-state index contributed by atoms with van der Waals surface area (Å²) in [5.41, 5.74) is 14.0. The summed E-state index contributed by atoms with van der Waals surface area (Å²) in [4.78, 5) is 12.8. The third-order valence-electron chi connectivity index (χ3n) is 11.6. The van der Waals surface area contributed by atoms with Crippen molar-refractivity contribution in [3.05, 3.63) is 206 Å². The van der Waals surface area contributed by atoms with Crippen molar-refractivity contribution in [2.45, 2.75) is 19.3 Å². The lowest BCUT2D eigenvalue weighted by molar-refractivity contribution is 0.655. The second kappa shape index (κ2) is 13.3. The van der Waals surface area contributed by atoms with Gasteiger partial charge in [-0.1, -0.05) is 117 Å². The minimum Gasteiger partial charge on any atom is -0.316 e. The van der Waals surface area contributed by atoms with E-state index in [0.29, 0.717) is 0 Å². The number of fused-ring (bicyclic) bond motifs is 6. The van der Waals surface area contributed by atoms with E-state index in [0.717, 1.165) is 73.4 Å². The Balaban J connectivity index is 1.11. The first kappa shape index (κ1) is 33.8. The lowest BCUT2D eigenvalue weighted by atomic mass is 9.90. The van der Waals surface area contributed by atoms with Crippen molar-refractivity contribution < 1.29 is 0 Å². The van der Waals surface area contributed by atoms with Gasteiger partial charge in [-0.25, -0.2) is 9.97 Å². The number of hydrogen-bond donors (Lipinski definition) is 0. The Labute approximate surface area is 337 Å². The highest BCUT2D eigenvalue weighted by Gasteiger charge is 2.30. The normalized spacial score (nSPS) is 13.1. The molecule has 0 amide bonds. The highest BCUT2D eigenvalue weighted by molar-refractivity contribution is 6.19. The summed E-state index contributed by atoms with van der Waals surface area (Å²) in [5.74, 6) is 0.733. The van der Waals surface area contributed by atoms with E-state index >= 15 is 0 Å². The Kier molecular flexibility index (Phi) is 7.76. The Bertz CT molecular complexity index is 3120. The van der Waals surface area contributed by atoms with E-state index in [1.807, 2.05) is 6.07 Å². The zero-order chi connectivity index (χ0) is 38.8. The molecule has 58 heavy (non-hydrogen) atoms. The van der Waals surface area contributed by atoms with Crippen LogP contribution in [0.25, 0.3) is 72.8 Å². The van der Waals surface area contributed by atoms with Crippen LogP contribution in [-0.4, -0.2) is 19.1 Å². The Hall–Kier alpha value is -7.50. The number of rotatable bonds is 7. The molecule has 0 aliphatic heterocycles. The largest absolute Gasteiger partial charge is 0.316 e. The molecule has 0 bridgehead atoms. The fraction of sp³-hybridized carbons (Fsp3) is 0.0566. The van der Waals surface area contributed by atoms with Gasteiger partial charge in [0, 0.05) is 72.9 Å². The van der Waals surface area contributed by atoms with Crippen LogP contribution in [0, 0.1) is 0 Å². The highest BCUT2D eigenvalue weighted by Crippen LogP contribution is 2.43. The summed E-state index contributed by atoms with van der Waals surface area (Å²) in [5, 5.41) is 3.58. The second-order valence-corrected chi connectivity index (χ2v) is 15.6. The molecule has 10 aromatic rings. The minimum atomic E-state index is -0.184. The van der Waals surface area contributed by atoms with Crippen LogP contribution in [0.15, 0.2) is 194 Å². The second-order valence-electron chi connectivity index (χ2n) is 15.6. The Morgan fingerprint density at radius 2 is 1.14 bits per heavy atom. The van der Waals surface area contributed by atoms with Crippen LogP contribution in [-0.2, 0) is 5.41 Å². The molecule has 0 unspecified atom stereocenters. The van der Waals surface area contributed by atoms with Crippen molar-refractivity contribution in [3.63, 3.8) is 0 Å². The quantitative estimate of drug-likeness (QED) is 0.163. The first-order valence-electron chi connectivity index (χ1n) is 19.8. The molecule has 0 N–H and O–H groups in total. The van der Waals surface area contributed by atoms with E-state index < -0.39 is 0 Å². The van der Waals surface area contributed by atoms with Crippen LogP contribution in [0.2, 0.25) is 0 Å². The van der Waals surface area contributed by atoms with Gasteiger partial charge in [-0.2, -0.15) is 0 Å². The van der Waals surface area contributed by atoms with Crippen molar-refractivity contribution in [2.24, 2.45) is 0 Å². The van der Waals surface area contributed by atoms with Crippen LogP contribution in [0.1, 0.15) is 25.1 Å². The molecule has 276 valence electrons. The van der Waals surface area contributed by atoms with Crippen molar-refractivity contribution in [2.75, 3.05) is 4.90 Å². The molecule has 11 rings (SSSR count). The molecule has 0 atom stereocenters. The van der Waals surface area contributed by atoms with Gasteiger partial charge in [0.05, 0.1) is 27.9 Å². The first-order valence-corrected chi connectivity index (χ1v) is 19.8. The van der Waals surface area contributed by atoms with E-state index in [9.17, 15) is 0 Å². The van der Waals surface area contributed by atoms with Gasteiger partial charge in [0.2, 0.25) is 0 Å². The monoisotopic (exact) mass is 745 g/mol. The maximum absolute atomic E-state index is 5.22. The number of hydrogen-bond acceptors (Lipinski definition) is 3. The number of nitrogens with zero attached hydrogens (tertiary/aromatic N) is 5. The van der Waals surface area contributed by atoms with Gasteiger partial charge < -0.3 is 14.0 Å². The van der Waals surface area contributed by atoms with Crippen molar-refractivity contribution >= 4 is 55.8 Å². The minimum absolute atomic E-state index is 0.184. The van der Waals surface area contributed by atoms with Crippen molar-refractivity contribution in [3.8, 4) is 34.0 Å². The van der Waals surface area contributed by atoms with Gasteiger partial charge in [0.15, 0.2) is 5.82 Å². The van der Waals surface area contributed by atoms with E-state index in [1.54, 1.807) is 0 Å². The molecule has 1 aliphatic carbocycles. The topological polar surface area (TPSA) is 38.9 Å². The molecule has 5 nitrogen and oxygen atoms in total. The van der Waals surface area contributed by atoms with Crippen LogP contribution in [0.5, 0.6) is 0 Å². The molecular formula is C53H39N5. The molecule has 3 aromatic heterocycles. The number of anilines is 3. The number of para-hydroxylation sites is 3. The fourth-order valence-corrected chi connectivity index (χ4v) is 8.73. The zero-order valence-electron chi connectivity index (χ0n) is 32.3. The first-order chi connectivity index (χ1) is 28.5. The van der Waals surface area contributed by atoms with Crippen LogP contribution in [0.3, 0.4) is 0 Å². The van der Waals surface area contributed by atoms with Crippen molar-refractivity contribution in [1.29, 1.82) is 0 Å². The van der Waals surface area contributed by atoms with Crippen LogP contribution >= 0.6 is 0 Å². The zero-order valence-corrected chi connectivity index (χ0v) is 32.3. The van der Waals surface area contributed by atoms with Gasteiger partial charge in [0.1, 0.15) is 0 Å². The molecule has 0 radical (unpaired) electrons. The maximum Gasteiger partial charge on any atom is 0.160 e. The molecule has 0 saturated heterocycles. The SMILES string of the molecule is CC1(C)C=Cc2c(-c3ccccc3)nc(-c3ccc(-n4c5ccc(N(c6ccccc6)c6ccccc6)cc5c5ccc6c(ccn6-c6ccccc6)c54)cc3)nc21. The van der Waals surface area contributed by atoms with E-state index in [-0.39, 0.29) is 5.41 Å². The molecular weight excluding hydrogens is 707 g/mol. The molecule has 0 saturated carbocycles. The number of allylic oxidation sites excluding steroid dienone is 1. The van der Waals surface area contributed by atoms with Gasteiger partial charge >= 0.3 is 0 Å². The highest BCUT2D eigenvalue weighted by atomic mass is 15.1. The summed E-state index contributed by atoms with van der Waals surface area (Å²) < 4.78 is 4.71. The lowest BCUT2D eigenvalue weighted by Gasteiger charge is -2.25. The van der Waals surface area contributed by atoms with E-state index in [4.69, 9.17) is 9.97 Å². The summed E-state index contributed by atoms with van der Waals surface area (Å²) >= 11 is 0. The van der Waals surface area contributed by atoms with Gasteiger partial charge in [0.25, 0.3) is 0 Å². The molecule has 7 aromatic carbocycles. The maximum atomic E-state index is 5.22. The predicted octanol–water partition coefficient (Wildman–Crippen LogP) is 13.6. The molecule has 1 aliphatic rings. The third-order valence-corrected chi connectivity index (χ3v) is 11.6. The average molecular weight is 746 g/mol. The number of benzene rings is 7. The van der Waals surface area contributed by atoms with Gasteiger partial charge in [-0.15, -0.1) is 0 Å². The van der Waals surface area contributed by atoms with Crippen LogP contribution < -0.4 is 4.90 Å². The van der Waals surface area contributed by atoms with Gasteiger partial charge in [-0.3, -0.25) is 0 Å². The smallest absolute Gasteiger partial charge is 0.160 e.